The van der Waals surface area contributed by atoms with E-state index in [2.05, 4.69) is 10.2 Å². The van der Waals surface area contributed by atoms with Gasteiger partial charge >= 0.3 is 12.1 Å². The third-order valence-electron chi connectivity index (χ3n) is 3.12. The maximum absolute atomic E-state index is 12.7. The van der Waals surface area contributed by atoms with Gasteiger partial charge in [0.1, 0.15) is 4.88 Å². The van der Waals surface area contributed by atoms with Crippen molar-refractivity contribution in [2.75, 3.05) is 11.4 Å². The van der Waals surface area contributed by atoms with E-state index in [0.717, 1.165) is 15.9 Å². The number of thiophene rings is 1. The van der Waals surface area contributed by atoms with Gasteiger partial charge in [-0.25, -0.2) is 4.79 Å². The van der Waals surface area contributed by atoms with Crippen LogP contribution in [0.5, 0.6) is 0 Å². The first kappa shape index (κ1) is 13.9. The third-order valence-corrected chi connectivity index (χ3v) is 4.26. The molecule has 0 atom stereocenters. The van der Waals surface area contributed by atoms with Gasteiger partial charge in [0, 0.05) is 13.1 Å². The van der Waals surface area contributed by atoms with Crippen LogP contribution in [0.25, 0.3) is 0 Å². The molecule has 2 aromatic heterocycles. The zero-order valence-electron chi connectivity index (χ0n) is 10.5. The van der Waals surface area contributed by atoms with E-state index < -0.39 is 18.0 Å². The van der Waals surface area contributed by atoms with Crippen molar-refractivity contribution in [2.24, 2.45) is 0 Å². The Hall–Kier alpha value is -2.10. The molecule has 0 spiro atoms. The summed E-state index contributed by atoms with van der Waals surface area (Å²) in [5.74, 6) is -1.79. The van der Waals surface area contributed by atoms with Crippen molar-refractivity contribution < 1.29 is 23.1 Å². The fourth-order valence-electron chi connectivity index (χ4n) is 2.17. The lowest BCUT2D eigenvalue weighted by Crippen LogP contribution is -2.34. The van der Waals surface area contributed by atoms with Gasteiger partial charge in [0.05, 0.1) is 11.5 Å². The Labute approximate surface area is 120 Å². The predicted molar refractivity (Wildman–Crippen MR) is 67.4 cm³/mol. The Balaban J connectivity index is 1.85. The van der Waals surface area contributed by atoms with E-state index in [1.807, 2.05) is 0 Å². The zero-order valence-corrected chi connectivity index (χ0v) is 11.3. The highest BCUT2D eigenvalue weighted by molar-refractivity contribution is 7.17. The molecule has 0 bridgehead atoms. The van der Waals surface area contributed by atoms with Crippen LogP contribution >= 0.6 is 11.3 Å². The molecule has 1 aliphatic heterocycles. The molecule has 0 aliphatic carbocycles. The van der Waals surface area contributed by atoms with Crippen molar-refractivity contribution in [1.82, 2.24) is 14.8 Å². The van der Waals surface area contributed by atoms with Gasteiger partial charge in [-0.1, -0.05) is 0 Å². The summed E-state index contributed by atoms with van der Waals surface area (Å²) >= 11 is 1.08. The highest BCUT2D eigenvalue weighted by Gasteiger charge is 2.39. The Morgan fingerprint density at radius 1 is 1.29 bits per heavy atom. The summed E-state index contributed by atoms with van der Waals surface area (Å²) in [6, 6.07) is 3.12. The third kappa shape index (κ3) is 2.46. The van der Waals surface area contributed by atoms with E-state index in [4.69, 9.17) is 5.11 Å². The Morgan fingerprint density at radius 3 is 2.67 bits per heavy atom. The largest absolute Gasteiger partial charge is 0.477 e. The van der Waals surface area contributed by atoms with Crippen LogP contribution in [0.2, 0.25) is 0 Å². The molecular formula is C11H9F3N4O2S. The first-order valence-electron chi connectivity index (χ1n) is 5.93. The van der Waals surface area contributed by atoms with E-state index in [0.29, 0.717) is 11.5 Å². The van der Waals surface area contributed by atoms with Crippen LogP contribution in [0.3, 0.4) is 0 Å². The SMILES string of the molecule is O=C(O)c1ccc(N2CCn3c(nnc3C(F)(F)F)C2)s1. The molecule has 0 saturated carbocycles. The van der Waals surface area contributed by atoms with E-state index in [1.165, 1.54) is 6.07 Å². The van der Waals surface area contributed by atoms with Gasteiger partial charge in [-0.15, -0.1) is 21.5 Å². The molecule has 0 radical (unpaired) electrons. The van der Waals surface area contributed by atoms with Gasteiger partial charge in [0.2, 0.25) is 5.82 Å². The minimum atomic E-state index is -4.52. The van der Waals surface area contributed by atoms with E-state index in [-0.39, 0.29) is 23.8 Å². The smallest absolute Gasteiger partial charge is 0.451 e. The number of hydrogen-bond acceptors (Lipinski definition) is 5. The van der Waals surface area contributed by atoms with Gasteiger partial charge in [0.25, 0.3) is 0 Å². The second-order valence-corrected chi connectivity index (χ2v) is 5.52. The quantitative estimate of drug-likeness (QED) is 0.918. The van der Waals surface area contributed by atoms with Crippen molar-refractivity contribution in [1.29, 1.82) is 0 Å². The number of fused-ring (bicyclic) bond motifs is 1. The molecule has 0 amide bonds. The number of carboxylic acid groups (broad SMARTS) is 1. The second kappa shape index (κ2) is 4.72. The maximum Gasteiger partial charge on any atom is 0.451 e. The topological polar surface area (TPSA) is 71.2 Å². The number of aromatic nitrogens is 3. The van der Waals surface area contributed by atoms with Crippen molar-refractivity contribution >= 4 is 22.3 Å². The molecule has 10 heteroatoms. The number of rotatable bonds is 2. The summed E-state index contributed by atoms with van der Waals surface area (Å²) in [7, 11) is 0. The number of alkyl halides is 3. The molecule has 1 aliphatic rings. The van der Waals surface area contributed by atoms with Crippen molar-refractivity contribution in [2.45, 2.75) is 19.3 Å². The Bertz CT molecular complexity index is 694. The van der Waals surface area contributed by atoms with Gasteiger partial charge in [-0.3, -0.25) is 0 Å². The van der Waals surface area contributed by atoms with Gasteiger partial charge < -0.3 is 14.6 Å². The lowest BCUT2D eigenvalue weighted by atomic mass is 10.3. The standard InChI is InChI=1S/C11H9F3N4O2S/c12-11(13,14)10-16-15-7-5-17(3-4-18(7)10)8-2-1-6(21-8)9(19)20/h1-2H,3-5H2,(H,19,20). The van der Waals surface area contributed by atoms with Crippen LogP contribution in [-0.4, -0.2) is 32.4 Å². The van der Waals surface area contributed by atoms with Crippen LogP contribution in [0.1, 0.15) is 21.3 Å². The second-order valence-electron chi connectivity index (χ2n) is 4.45. The minimum absolute atomic E-state index is 0.109. The molecule has 3 heterocycles. The maximum atomic E-state index is 12.7. The number of anilines is 1. The first-order chi connectivity index (χ1) is 9.86. The molecule has 1 N–H and O–H groups in total. The molecule has 0 saturated heterocycles. The fourth-order valence-corrected chi connectivity index (χ4v) is 3.04. The summed E-state index contributed by atoms with van der Waals surface area (Å²) in [6.07, 6.45) is -4.52. The Kier molecular flexibility index (Phi) is 3.12. The van der Waals surface area contributed by atoms with Crippen molar-refractivity contribution in [3.05, 3.63) is 28.7 Å². The monoisotopic (exact) mass is 318 g/mol. The molecule has 0 aromatic carbocycles. The summed E-state index contributed by atoms with van der Waals surface area (Å²) in [4.78, 5) is 12.8. The van der Waals surface area contributed by atoms with Crippen LogP contribution in [0, 0.1) is 0 Å². The van der Waals surface area contributed by atoms with Gasteiger partial charge in [-0.2, -0.15) is 13.2 Å². The van der Waals surface area contributed by atoms with Gasteiger partial charge in [-0.05, 0) is 12.1 Å². The van der Waals surface area contributed by atoms with Crippen LogP contribution in [0.15, 0.2) is 12.1 Å². The van der Waals surface area contributed by atoms with Crippen molar-refractivity contribution in [3.8, 4) is 0 Å². The van der Waals surface area contributed by atoms with E-state index >= 15 is 0 Å². The molecule has 0 fully saturated rings. The first-order valence-corrected chi connectivity index (χ1v) is 6.75. The number of nitrogens with zero attached hydrogens (tertiary/aromatic N) is 4. The highest BCUT2D eigenvalue weighted by Crippen LogP contribution is 2.32. The van der Waals surface area contributed by atoms with Crippen LogP contribution in [0.4, 0.5) is 18.2 Å². The number of hydrogen-bond donors (Lipinski definition) is 1. The summed E-state index contributed by atoms with van der Waals surface area (Å²) in [5, 5.41) is 16.4. The fraction of sp³-hybridized carbons (Fsp3) is 0.364. The van der Waals surface area contributed by atoms with Crippen LogP contribution in [-0.2, 0) is 19.3 Å². The molecular weight excluding hydrogens is 309 g/mol. The lowest BCUT2D eigenvalue weighted by Gasteiger charge is -2.28. The number of carbonyl (C=O) groups is 1. The van der Waals surface area contributed by atoms with Crippen LogP contribution < -0.4 is 4.90 Å². The summed E-state index contributed by atoms with van der Waals surface area (Å²) in [6.45, 7) is 0.619. The summed E-state index contributed by atoms with van der Waals surface area (Å²) in [5.41, 5.74) is 0. The van der Waals surface area contributed by atoms with E-state index in [1.54, 1.807) is 11.0 Å². The lowest BCUT2D eigenvalue weighted by molar-refractivity contribution is -0.147. The molecule has 6 nitrogen and oxygen atoms in total. The average molecular weight is 318 g/mol. The summed E-state index contributed by atoms with van der Waals surface area (Å²) < 4.78 is 39.2. The molecule has 2 aromatic rings. The van der Waals surface area contributed by atoms with Crippen molar-refractivity contribution in [3.63, 3.8) is 0 Å². The minimum Gasteiger partial charge on any atom is -0.477 e. The number of carboxylic acids is 1. The molecule has 112 valence electrons. The molecule has 3 rings (SSSR count). The predicted octanol–water partition coefficient (Wildman–Crippen LogP) is 2.08. The number of aromatic carboxylic acids is 1. The van der Waals surface area contributed by atoms with Gasteiger partial charge in [0.15, 0.2) is 5.82 Å². The number of halogens is 3. The molecule has 21 heavy (non-hydrogen) atoms. The zero-order chi connectivity index (χ0) is 15.2. The average Bonchev–Trinajstić information content (AvgIpc) is 3.04. The van der Waals surface area contributed by atoms with E-state index in [9.17, 15) is 18.0 Å². The Morgan fingerprint density at radius 2 is 2.05 bits per heavy atom. The normalized spacial score (nSPS) is 15.1. The highest BCUT2D eigenvalue weighted by atomic mass is 32.1. The molecule has 0 unspecified atom stereocenters.